The van der Waals surface area contributed by atoms with Crippen molar-refractivity contribution in [2.75, 3.05) is 0 Å². The minimum absolute atomic E-state index is 0. The summed E-state index contributed by atoms with van der Waals surface area (Å²) >= 11 is 3.76. The third-order valence-corrected chi connectivity index (χ3v) is 0. The van der Waals surface area contributed by atoms with E-state index in [0.29, 0.717) is 0 Å². The Morgan fingerprint density at radius 1 is 1.25 bits per heavy atom. The summed E-state index contributed by atoms with van der Waals surface area (Å²) in [5.41, 5.74) is 0. The minimum atomic E-state index is 0. The van der Waals surface area contributed by atoms with Gasteiger partial charge >= 0.3 is 87.5 Å². The summed E-state index contributed by atoms with van der Waals surface area (Å²) in [6.45, 7) is 0. The van der Waals surface area contributed by atoms with Crippen LogP contribution in [0.2, 0.25) is 0 Å². The normalized spacial score (nSPS) is 1.50. The van der Waals surface area contributed by atoms with E-state index in [0.717, 1.165) is 0 Å². The van der Waals surface area contributed by atoms with E-state index in [4.69, 9.17) is 0 Å². The van der Waals surface area contributed by atoms with Crippen molar-refractivity contribution in [2.24, 2.45) is 0 Å². The van der Waals surface area contributed by atoms with Crippen LogP contribution in [0.4, 0.5) is 0 Å². The Labute approximate surface area is 85.4 Å². The van der Waals surface area contributed by atoms with Gasteiger partial charge in [-0.3, -0.25) is 0 Å². The quantitative estimate of drug-likeness (QED) is 0.262. The molecule has 0 saturated carbocycles. The van der Waals surface area contributed by atoms with Crippen LogP contribution in [0, 0.1) is 0 Å². The van der Waals surface area contributed by atoms with E-state index in [1.54, 1.807) is 18.4 Å². The molecule has 2 radical (unpaired) electrons. The van der Waals surface area contributed by atoms with Crippen molar-refractivity contribution in [1.82, 2.24) is 0 Å². The van der Waals surface area contributed by atoms with Gasteiger partial charge in [0.25, 0.3) is 0 Å². The summed E-state index contributed by atoms with van der Waals surface area (Å²) < 4.78 is 0. The molecule has 0 aromatic heterocycles. The molecule has 0 aliphatic heterocycles. The van der Waals surface area contributed by atoms with Crippen molar-refractivity contribution in [1.29, 1.82) is 0 Å². The van der Waals surface area contributed by atoms with Gasteiger partial charge < -0.3 is 0 Å². The molecule has 0 atom stereocenters. The second kappa shape index (κ2) is 16.3. The van der Waals surface area contributed by atoms with Crippen molar-refractivity contribution in [3.05, 3.63) is 0 Å². The van der Waals surface area contributed by atoms with Gasteiger partial charge in [-0.15, -0.1) is 0 Å². The van der Waals surface area contributed by atoms with Crippen molar-refractivity contribution >= 4 is 87.5 Å². The number of rotatable bonds is 0. The fourth-order valence-corrected chi connectivity index (χ4v) is 0. The molecule has 0 saturated heterocycles. The van der Waals surface area contributed by atoms with E-state index in [9.17, 15) is 0 Å². The molecular formula is H6BiSbTe2. The zero-order valence-electron chi connectivity index (χ0n) is 2.14. The topological polar surface area (TPSA) is 0 Å². The molecule has 0 nitrogen and oxygen atoms in total. The van der Waals surface area contributed by atoms with Gasteiger partial charge in [0, 0.05) is 0 Å². The molecule has 0 aromatic rings. The molecule has 4 heteroatoms. The fourth-order valence-electron chi connectivity index (χ4n) is 0. The van der Waals surface area contributed by atoms with Crippen LogP contribution < -0.4 is 0 Å². The van der Waals surface area contributed by atoms with Gasteiger partial charge in [0.2, 0.25) is 0 Å². The molecule has 0 rings (SSSR count). The Kier molecular flexibility index (Phi) is 63.8. The summed E-state index contributed by atoms with van der Waals surface area (Å²) in [7, 11) is 0. The van der Waals surface area contributed by atoms with Crippen LogP contribution in [0.3, 0.4) is 0 Å². The van der Waals surface area contributed by atoms with Gasteiger partial charge in [-0.25, -0.2) is 0 Å². The molecule has 0 bridgehead atoms. The molecule has 0 heterocycles. The molecule has 0 unspecified atom stereocenters. The van der Waals surface area contributed by atoms with Crippen molar-refractivity contribution in [2.45, 2.75) is 0 Å². The average Bonchev–Trinajstić information content (AvgIpc) is 1.00. The first-order chi connectivity index (χ1) is 1.00. The van der Waals surface area contributed by atoms with Crippen LogP contribution in [0.5, 0.6) is 0 Å². The third-order valence-electron chi connectivity index (χ3n) is 0. The van der Waals surface area contributed by atoms with Crippen LogP contribution in [0.15, 0.2) is 0 Å². The van der Waals surface area contributed by atoms with E-state index >= 15 is 0 Å². The summed E-state index contributed by atoms with van der Waals surface area (Å²) in [5.74, 6) is 0. The Bertz CT molecular complexity index is 6.00. The standard InChI is InChI=1S/Bi.Sb.HTe2.5H/c;;1-2;;;;;/h;;1H;;;;;. The predicted octanol–water partition coefficient (Wildman–Crippen LogP) is -3.13. The first-order valence-corrected chi connectivity index (χ1v) is 8.22. The summed E-state index contributed by atoms with van der Waals surface area (Å²) in [4.78, 5) is 0. The SMILES string of the molecule is [BiH3].[SbH2].[Te][TeH]. The van der Waals surface area contributed by atoms with E-state index in [-0.39, 0.29) is 50.6 Å². The molecule has 28 valence electrons. The maximum absolute atomic E-state index is 2.00. The van der Waals surface area contributed by atoms with E-state index in [1.807, 2.05) is 18.4 Å². The van der Waals surface area contributed by atoms with Crippen molar-refractivity contribution < 1.29 is 0 Å². The molecule has 4 heavy (non-hydrogen) atoms. The maximum atomic E-state index is 2.00. The van der Waals surface area contributed by atoms with Gasteiger partial charge in [-0.05, 0) is 0 Å². The molecule has 0 aliphatic carbocycles. The summed E-state index contributed by atoms with van der Waals surface area (Å²) in [5, 5.41) is 0. The van der Waals surface area contributed by atoms with Gasteiger partial charge in [0.1, 0.15) is 0 Å². The Hall–Kier alpha value is 3.28. The fraction of sp³-hybridized carbons (Fsp3) is 0. The second-order valence-corrected chi connectivity index (χ2v) is 0. The summed E-state index contributed by atoms with van der Waals surface area (Å²) in [6.07, 6.45) is 0. The third kappa shape index (κ3) is 8.99. The summed E-state index contributed by atoms with van der Waals surface area (Å²) in [6, 6.07) is 0. The van der Waals surface area contributed by atoms with Crippen LogP contribution in [-0.2, 0) is 0 Å². The Morgan fingerprint density at radius 3 is 1.25 bits per heavy atom. The first-order valence-electron chi connectivity index (χ1n) is 0.183. The zero-order chi connectivity index (χ0) is 2.00. The Morgan fingerprint density at radius 2 is 1.25 bits per heavy atom. The van der Waals surface area contributed by atoms with Crippen LogP contribution in [-0.4, -0.2) is 87.5 Å². The predicted molar refractivity (Wildman–Crippen MR) is 31.4 cm³/mol. The van der Waals surface area contributed by atoms with Gasteiger partial charge in [0.05, 0.1) is 0 Å². The first kappa shape index (κ1) is 15.7. The van der Waals surface area contributed by atoms with Crippen molar-refractivity contribution in [3.8, 4) is 0 Å². The second-order valence-electron chi connectivity index (χ2n) is 0. The number of hydrogen-bond donors (Lipinski definition) is 0. The van der Waals surface area contributed by atoms with Crippen LogP contribution >= 0.6 is 0 Å². The molecule has 0 amide bonds. The van der Waals surface area contributed by atoms with Crippen LogP contribution in [0.25, 0.3) is 0 Å². The van der Waals surface area contributed by atoms with Gasteiger partial charge in [0.15, 0.2) is 0 Å². The molecular weight excluding hydrogens is 586 g/mol. The molecule has 0 aliphatic rings. The van der Waals surface area contributed by atoms with E-state index in [2.05, 4.69) is 0 Å². The number of hydrogen-bond acceptors (Lipinski definition) is 0. The zero-order valence-corrected chi connectivity index (χ0v) is 15.8. The van der Waals surface area contributed by atoms with Gasteiger partial charge in [-0.1, -0.05) is 0 Å². The van der Waals surface area contributed by atoms with E-state index in [1.165, 1.54) is 0 Å². The Balaban J connectivity index is -0.00000000500. The van der Waals surface area contributed by atoms with Gasteiger partial charge in [-0.2, -0.15) is 0 Å². The molecule has 0 aromatic carbocycles. The monoisotopic (exact) mass is 596 g/mol. The van der Waals surface area contributed by atoms with E-state index < -0.39 is 0 Å². The van der Waals surface area contributed by atoms with Crippen molar-refractivity contribution in [3.63, 3.8) is 0 Å². The molecule has 0 N–H and O–H groups in total. The molecule has 0 fully saturated rings. The average molecular weight is 592 g/mol. The molecule has 0 spiro atoms. The van der Waals surface area contributed by atoms with Crippen LogP contribution in [0.1, 0.15) is 0 Å².